The number of hydrogen-bond donors (Lipinski definition) is 0. The van der Waals surface area contributed by atoms with E-state index in [1.54, 1.807) is 0 Å². The summed E-state index contributed by atoms with van der Waals surface area (Å²) in [6.45, 7) is 13.0. The summed E-state index contributed by atoms with van der Waals surface area (Å²) >= 11 is 0. The summed E-state index contributed by atoms with van der Waals surface area (Å²) in [5.41, 5.74) is 0. The molecule has 0 heterocycles. The normalized spacial score (nSPS) is 11.3. The Bertz CT molecular complexity index is 374. The average Bonchev–Trinajstić information content (AvgIpc) is 2.68. The van der Waals surface area contributed by atoms with E-state index in [0.29, 0.717) is 77.5 Å². The Kier molecular flexibility index (Phi) is 20.2. The largest absolute Gasteiger partial charge is 0.463 e. The third kappa shape index (κ3) is 23.1. The Hall–Kier alpha value is -1.22. The molecule has 8 nitrogen and oxygen atoms in total. The molecule has 8 heteroatoms. The van der Waals surface area contributed by atoms with Gasteiger partial charge in [-0.1, -0.05) is 27.7 Å². The van der Waals surface area contributed by atoms with Gasteiger partial charge in [-0.25, -0.2) is 0 Å². The molecule has 0 aromatic carbocycles. The molecule has 0 aromatic rings. The van der Waals surface area contributed by atoms with Gasteiger partial charge in [0.2, 0.25) is 0 Å². The van der Waals surface area contributed by atoms with Crippen molar-refractivity contribution in [3.63, 3.8) is 0 Å². The quantitative estimate of drug-likeness (QED) is 0.201. The van der Waals surface area contributed by atoms with Gasteiger partial charge in [0.15, 0.2) is 0 Å². The van der Waals surface area contributed by atoms with E-state index in [4.69, 9.17) is 28.4 Å². The highest BCUT2D eigenvalue weighted by Gasteiger charge is 2.06. The number of rotatable bonds is 21. The van der Waals surface area contributed by atoms with Crippen LogP contribution in [-0.2, 0) is 38.0 Å². The molecular formula is C22H42O8. The predicted octanol–water partition coefficient (Wildman–Crippen LogP) is 3.01. The molecule has 0 aliphatic carbocycles. The fraction of sp³-hybridized carbons (Fsp3) is 0.909. The molecule has 0 amide bonds. The molecule has 0 saturated heterocycles. The van der Waals surface area contributed by atoms with Gasteiger partial charge < -0.3 is 28.4 Å². The van der Waals surface area contributed by atoms with Crippen molar-refractivity contribution < 1.29 is 38.0 Å². The maximum atomic E-state index is 11.6. The minimum Gasteiger partial charge on any atom is -0.463 e. The van der Waals surface area contributed by atoms with Gasteiger partial charge in [-0.3, -0.25) is 9.59 Å². The van der Waals surface area contributed by atoms with Crippen LogP contribution in [0.15, 0.2) is 0 Å². The van der Waals surface area contributed by atoms with Crippen LogP contribution in [0, 0.1) is 11.8 Å². The first-order valence-corrected chi connectivity index (χ1v) is 11.0. The van der Waals surface area contributed by atoms with Crippen molar-refractivity contribution in [1.29, 1.82) is 0 Å². The second-order valence-corrected chi connectivity index (χ2v) is 7.81. The minimum absolute atomic E-state index is 0.230. The first-order chi connectivity index (χ1) is 14.4. The third-order valence-electron chi connectivity index (χ3n) is 3.64. The first kappa shape index (κ1) is 28.8. The molecule has 0 saturated carbocycles. The molecule has 0 aliphatic heterocycles. The Balaban J connectivity index is 3.33. The van der Waals surface area contributed by atoms with E-state index in [1.165, 1.54) is 0 Å². The van der Waals surface area contributed by atoms with E-state index in [-0.39, 0.29) is 38.0 Å². The Morgan fingerprint density at radius 1 is 0.533 bits per heavy atom. The van der Waals surface area contributed by atoms with Gasteiger partial charge in [0.25, 0.3) is 0 Å². The SMILES string of the molecule is CC(C)COCCOCCOC(=O)CCCCC(=O)OCCOCCOCC(C)C. The van der Waals surface area contributed by atoms with Crippen LogP contribution in [0.1, 0.15) is 53.4 Å². The number of carbonyl (C=O) groups excluding carboxylic acids is 2. The van der Waals surface area contributed by atoms with Crippen LogP contribution in [0.2, 0.25) is 0 Å². The van der Waals surface area contributed by atoms with Gasteiger partial charge >= 0.3 is 11.9 Å². The summed E-state index contributed by atoms with van der Waals surface area (Å²) < 4.78 is 31.6. The lowest BCUT2D eigenvalue weighted by Gasteiger charge is -2.08. The lowest BCUT2D eigenvalue weighted by Crippen LogP contribution is -2.14. The monoisotopic (exact) mass is 434 g/mol. The van der Waals surface area contributed by atoms with Crippen LogP contribution in [0.4, 0.5) is 0 Å². The third-order valence-corrected chi connectivity index (χ3v) is 3.64. The summed E-state index contributed by atoms with van der Waals surface area (Å²) in [6, 6.07) is 0. The number of esters is 2. The number of unbranched alkanes of at least 4 members (excludes halogenated alkanes) is 1. The smallest absolute Gasteiger partial charge is 0.305 e. The molecule has 0 radical (unpaired) electrons. The molecule has 0 unspecified atom stereocenters. The van der Waals surface area contributed by atoms with Gasteiger partial charge in [-0.2, -0.15) is 0 Å². The van der Waals surface area contributed by atoms with Crippen LogP contribution >= 0.6 is 0 Å². The molecule has 0 aliphatic rings. The second kappa shape index (κ2) is 21.0. The molecule has 0 fully saturated rings. The fourth-order valence-corrected chi connectivity index (χ4v) is 2.19. The van der Waals surface area contributed by atoms with E-state index in [9.17, 15) is 9.59 Å². The van der Waals surface area contributed by atoms with E-state index >= 15 is 0 Å². The van der Waals surface area contributed by atoms with Gasteiger partial charge in [-0.05, 0) is 24.7 Å². The maximum Gasteiger partial charge on any atom is 0.305 e. The molecule has 0 spiro atoms. The van der Waals surface area contributed by atoms with Crippen LogP contribution in [0.3, 0.4) is 0 Å². The van der Waals surface area contributed by atoms with Crippen molar-refractivity contribution in [3.8, 4) is 0 Å². The lowest BCUT2D eigenvalue weighted by atomic mass is 10.2. The molecule has 0 rings (SSSR count). The highest BCUT2D eigenvalue weighted by Crippen LogP contribution is 2.03. The maximum absolute atomic E-state index is 11.6. The number of carbonyl (C=O) groups is 2. The zero-order chi connectivity index (χ0) is 22.5. The molecule has 178 valence electrons. The van der Waals surface area contributed by atoms with Gasteiger partial charge in [0, 0.05) is 26.1 Å². The van der Waals surface area contributed by atoms with Crippen molar-refractivity contribution in [2.45, 2.75) is 53.4 Å². The zero-order valence-electron chi connectivity index (χ0n) is 19.3. The van der Waals surface area contributed by atoms with Gasteiger partial charge in [0.05, 0.1) is 39.6 Å². The van der Waals surface area contributed by atoms with Crippen molar-refractivity contribution >= 4 is 11.9 Å². The Labute approximate surface area is 181 Å². The standard InChI is InChI=1S/C22H42O8/c1-19(2)17-27-11-9-25-13-15-29-21(23)7-5-6-8-22(24)30-16-14-26-10-12-28-18-20(3)4/h19-20H,5-18H2,1-4H3. The van der Waals surface area contributed by atoms with Crippen molar-refractivity contribution in [2.24, 2.45) is 11.8 Å². The molecule has 0 bridgehead atoms. The van der Waals surface area contributed by atoms with Crippen molar-refractivity contribution in [2.75, 3.05) is 66.1 Å². The average molecular weight is 435 g/mol. The van der Waals surface area contributed by atoms with Crippen LogP contribution < -0.4 is 0 Å². The van der Waals surface area contributed by atoms with E-state index < -0.39 is 0 Å². The lowest BCUT2D eigenvalue weighted by molar-refractivity contribution is -0.147. The summed E-state index contributed by atoms with van der Waals surface area (Å²) in [7, 11) is 0. The van der Waals surface area contributed by atoms with Crippen molar-refractivity contribution in [3.05, 3.63) is 0 Å². The number of ether oxygens (including phenoxy) is 6. The minimum atomic E-state index is -0.281. The highest BCUT2D eigenvalue weighted by atomic mass is 16.6. The van der Waals surface area contributed by atoms with E-state index in [2.05, 4.69) is 27.7 Å². The number of hydrogen-bond acceptors (Lipinski definition) is 8. The second-order valence-electron chi connectivity index (χ2n) is 7.81. The molecule has 0 N–H and O–H groups in total. The molecule has 0 atom stereocenters. The molecule has 0 aromatic heterocycles. The first-order valence-electron chi connectivity index (χ1n) is 11.0. The van der Waals surface area contributed by atoms with Crippen LogP contribution in [0.25, 0.3) is 0 Å². The van der Waals surface area contributed by atoms with E-state index in [0.717, 1.165) is 0 Å². The Morgan fingerprint density at radius 3 is 1.23 bits per heavy atom. The topological polar surface area (TPSA) is 89.5 Å². The van der Waals surface area contributed by atoms with Crippen LogP contribution in [0.5, 0.6) is 0 Å². The van der Waals surface area contributed by atoms with Crippen molar-refractivity contribution in [1.82, 2.24) is 0 Å². The zero-order valence-corrected chi connectivity index (χ0v) is 19.3. The Morgan fingerprint density at radius 2 is 0.867 bits per heavy atom. The summed E-state index contributed by atoms with van der Waals surface area (Å²) in [4.78, 5) is 23.2. The summed E-state index contributed by atoms with van der Waals surface area (Å²) in [6.07, 6.45) is 1.73. The molecular weight excluding hydrogens is 392 g/mol. The molecule has 30 heavy (non-hydrogen) atoms. The van der Waals surface area contributed by atoms with Gasteiger partial charge in [0.1, 0.15) is 13.2 Å². The predicted molar refractivity (Wildman–Crippen MR) is 113 cm³/mol. The summed E-state index contributed by atoms with van der Waals surface area (Å²) in [5, 5.41) is 0. The summed E-state index contributed by atoms with van der Waals surface area (Å²) in [5.74, 6) is 0.450. The highest BCUT2D eigenvalue weighted by molar-refractivity contribution is 5.70. The van der Waals surface area contributed by atoms with E-state index in [1.807, 2.05) is 0 Å². The van der Waals surface area contributed by atoms with Gasteiger partial charge in [-0.15, -0.1) is 0 Å². The fourth-order valence-electron chi connectivity index (χ4n) is 2.19. The van der Waals surface area contributed by atoms with Crippen LogP contribution in [-0.4, -0.2) is 78.0 Å².